The lowest BCUT2D eigenvalue weighted by Gasteiger charge is -2.37. The van der Waals surface area contributed by atoms with E-state index >= 15 is 0 Å². The average molecular weight is 240 g/mol. The topological polar surface area (TPSA) is 32.8 Å². The van der Waals surface area contributed by atoms with Crippen molar-refractivity contribution in [1.82, 2.24) is 9.80 Å². The van der Waals surface area contributed by atoms with Crippen LogP contribution in [0.25, 0.3) is 0 Å². The van der Waals surface area contributed by atoms with Crippen LogP contribution < -0.4 is 0 Å². The molecule has 1 aliphatic heterocycles. The van der Waals surface area contributed by atoms with Gasteiger partial charge < -0.3 is 14.5 Å². The molecule has 1 unspecified atom stereocenters. The Balaban J connectivity index is 2.55. The van der Waals surface area contributed by atoms with Crippen molar-refractivity contribution in [3.8, 4) is 0 Å². The fourth-order valence-electron chi connectivity index (χ4n) is 2.02. The lowest BCUT2D eigenvalue weighted by atomic mass is 9.99. The van der Waals surface area contributed by atoms with Crippen LogP contribution in [0.3, 0.4) is 0 Å². The van der Waals surface area contributed by atoms with Gasteiger partial charge >= 0.3 is 6.09 Å². The molecule has 1 rings (SSSR count). The molecular weight excluding hydrogens is 216 g/mol. The van der Waals surface area contributed by atoms with Crippen LogP contribution in [0.2, 0.25) is 0 Å². The van der Waals surface area contributed by atoms with Gasteiger partial charge in [0.1, 0.15) is 5.60 Å². The van der Waals surface area contributed by atoms with E-state index in [1.807, 2.05) is 34.9 Å². The highest BCUT2D eigenvalue weighted by Crippen LogP contribution is 2.20. The predicted octanol–water partition coefficient (Wildman–Crippen LogP) is 2.11. The normalized spacial score (nSPS) is 21.9. The number of hydrogen-bond acceptors (Lipinski definition) is 3. The minimum atomic E-state index is -0.434. The summed E-state index contributed by atoms with van der Waals surface area (Å²) in [6, 6.07) is 0.369. The van der Waals surface area contributed by atoms with Gasteiger partial charge in [-0.1, -0.05) is 6.58 Å². The van der Waals surface area contributed by atoms with Crippen LogP contribution in [0.1, 0.15) is 27.2 Å². The Hall–Kier alpha value is -1.03. The van der Waals surface area contributed by atoms with Crippen LogP contribution in [0, 0.1) is 0 Å². The number of carbonyl (C=O) groups excluding carboxylic acids is 1. The molecular formula is C13H24N2O2. The Kier molecular flexibility index (Phi) is 4.20. The van der Waals surface area contributed by atoms with Crippen LogP contribution in [-0.2, 0) is 4.74 Å². The van der Waals surface area contributed by atoms with Gasteiger partial charge in [-0.3, -0.25) is 0 Å². The second-order valence-corrected chi connectivity index (χ2v) is 5.83. The van der Waals surface area contributed by atoms with Gasteiger partial charge in [-0.05, 0) is 46.9 Å². The van der Waals surface area contributed by atoms with Gasteiger partial charge in [0, 0.05) is 19.1 Å². The molecule has 0 aromatic heterocycles. The zero-order valence-electron chi connectivity index (χ0n) is 11.6. The van der Waals surface area contributed by atoms with Crippen LogP contribution in [0.5, 0.6) is 0 Å². The van der Waals surface area contributed by atoms with Crippen molar-refractivity contribution in [2.45, 2.75) is 38.8 Å². The third-order valence-corrected chi connectivity index (χ3v) is 2.81. The maximum absolute atomic E-state index is 11.9. The standard InChI is InChI=1S/C13H24N2O2/c1-10-9-15(8-7-11(10)14(5)6)12(16)17-13(2,3)4/h11H,1,7-9H2,2-6H3. The maximum atomic E-state index is 11.9. The number of likely N-dealkylation sites (tertiary alicyclic amines) is 1. The fourth-order valence-corrected chi connectivity index (χ4v) is 2.02. The Bertz CT molecular complexity index is 305. The SMILES string of the molecule is C=C1CN(C(=O)OC(C)(C)C)CCC1N(C)C. The van der Waals surface area contributed by atoms with Gasteiger partial charge in [0.2, 0.25) is 0 Å². The smallest absolute Gasteiger partial charge is 0.410 e. The molecule has 98 valence electrons. The molecule has 1 fully saturated rings. The summed E-state index contributed by atoms with van der Waals surface area (Å²) in [5.74, 6) is 0. The molecule has 0 saturated carbocycles. The van der Waals surface area contributed by atoms with Crippen LogP contribution in [-0.4, -0.2) is 54.7 Å². The van der Waals surface area contributed by atoms with Crippen molar-refractivity contribution in [3.05, 3.63) is 12.2 Å². The van der Waals surface area contributed by atoms with Crippen LogP contribution in [0.4, 0.5) is 4.79 Å². The molecule has 0 radical (unpaired) electrons. The minimum absolute atomic E-state index is 0.240. The van der Waals surface area contributed by atoms with Crippen LogP contribution >= 0.6 is 0 Å². The number of rotatable bonds is 1. The van der Waals surface area contributed by atoms with Crippen molar-refractivity contribution >= 4 is 6.09 Å². The first-order chi connectivity index (χ1) is 7.70. The zero-order valence-corrected chi connectivity index (χ0v) is 11.6. The molecule has 0 bridgehead atoms. The van der Waals surface area contributed by atoms with Crippen molar-refractivity contribution in [2.24, 2.45) is 0 Å². The first-order valence-corrected chi connectivity index (χ1v) is 6.03. The predicted molar refractivity (Wildman–Crippen MR) is 69.0 cm³/mol. The third kappa shape index (κ3) is 4.04. The lowest BCUT2D eigenvalue weighted by molar-refractivity contribution is 0.0221. The number of nitrogens with zero attached hydrogens (tertiary/aromatic N) is 2. The second-order valence-electron chi connectivity index (χ2n) is 5.83. The van der Waals surface area contributed by atoms with Crippen molar-refractivity contribution in [1.29, 1.82) is 0 Å². The molecule has 1 saturated heterocycles. The summed E-state index contributed by atoms with van der Waals surface area (Å²) in [6.07, 6.45) is 0.682. The molecule has 1 atom stereocenters. The van der Waals surface area contributed by atoms with E-state index in [-0.39, 0.29) is 6.09 Å². The summed E-state index contributed by atoms with van der Waals surface area (Å²) in [5.41, 5.74) is 0.642. The summed E-state index contributed by atoms with van der Waals surface area (Å²) >= 11 is 0. The molecule has 0 spiro atoms. The highest BCUT2D eigenvalue weighted by molar-refractivity contribution is 5.68. The van der Waals surface area contributed by atoms with Gasteiger partial charge in [0.25, 0.3) is 0 Å². The van der Waals surface area contributed by atoms with Gasteiger partial charge in [-0.25, -0.2) is 4.79 Å². The molecule has 1 amide bonds. The number of hydrogen-bond donors (Lipinski definition) is 0. The number of ether oxygens (including phenoxy) is 1. The van der Waals surface area contributed by atoms with E-state index < -0.39 is 5.60 Å². The molecule has 0 aromatic rings. The molecule has 1 aliphatic rings. The summed E-state index contributed by atoms with van der Waals surface area (Å²) in [6.45, 7) is 11.0. The van der Waals surface area contributed by atoms with Gasteiger partial charge in [-0.15, -0.1) is 0 Å². The Morgan fingerprint density at radius 1 is 1.47 bits per heavy atom. The monoisotopic (exact) mass is 240 g/mol. The largest absolute Gasteiger partial charge is 0.444 e. The molecule has 17 heavy (non-hydrogen) atoms. The van der Waals surface area contributed by atoms with E-state index in [1.165, 1.54) is 0 Å². The fraction of sp³-hybridized carbons (Fsp3) is 0.769. The minimum Gasteiger partial charge on any atom is -0.444 e. The quantitative estimate of drug-likeness (QED) is 0.658. The molecule has 0 aliphatic carbocycles. The Labute approximate surface area is 104 Å². The van der Waals surface area contributed by atoms with Gasteiger partial charge in [-0.2, -0.15) is 0 Å². The summed E-state index contributed by atoms with van der Waals surface area (Å²) in [5, 5.41) is 0. The van der Waals surface area contributed by atoms with Crippen molar-refractivity contribution in [3.63, 3.8) is 0 Å². The van der Waals surface area contributed by atoms with E-state index in [1.54, 1.807) is 4.90 Å². The number of carbonyl (C=O) groups is 1. The summed E-state index contributed by atoms with van der Waals surface area (Å²) in [4.78, 5) is 15.8. The van der Waals surface area contributed by atoms with Gasteiger partial charge in [0.05, 0.1) is 0 Å². The summed E-state index contributed by atoms with van der Waals surface area (Å²) in [7, 11) is 4.08. The molecule has 1 heterocycles. The Morgan fingerprint density at radius 2 is 2.06 bits per heavy atom. The first-order valence-electron chi connectivity index (χ1n) is 6.03. The maximum Gasteiger partial charge on any atom is 0.410 e. The highest BCUT2D eigenvalue weighted by atomic mass is 16.6. The molecule has 0 aromatic carbocycles. The average Bonchev–Trinajstić information content (AvgIpc) is 2.14. The van der Waals surface area contributed by atoms with E-state index in [2.05, 4.69) is 11.5 Å². The zero-order chi connectivity index (χ0) is 13.2. The van der Waals surface area contributed by atoms with E-state index in [9.17, 15) is 4.79 Å². The van der Waals surface area contributed by atoms with Crippen molar-refractivity contribution in [2.75, 3.05) is 27.2 Å². The van der Waals surface area contributed by atoms with Crippen molar-refractivity contribution < 1.29 is 9.53 Å². The number of likely N-dealkylation sites (N-methyl/N-ethyl adjacent to an activating group) is 1. The van der Waals surface area contributed by atoms with Gasteiger partial charge in [0.15, 0.2) is 0 Å². The number of amides is 1. The highest BCUT2D eigenvalue weighted by Gasteiger charge is 2.29. The molecule has 4 heteroatoms. The van der Waals surface area contributed by atoms with E-state index in [4.69, 9.17) is 4.74 Å². The van der Waals surface area contributed by atoms with E-state index in [0.29, 0.717) is 12.6 Å². The van der Waals surface area contributed by atoms with Crippen LogP contribution in [0.15, 0.2) is 12.2 Å². The number of piperidine rings is 1. The molecule has 4 nitrogen and oxygen atoms in total. The third-order valence-electron chi connectivity index (χ3n) is 2.81. The second kappa shape index (κ2) is 5.08. The summed E-state index contributed by atoms with van der Waals surface area (Å²) < 4.78 is 5.35. The Morgan fingerprint density at radius 3 is 2.47 bits per heavy atom. The van der Waals surface area contributed by atoms with E-state index in [0.717, 1.165) is 18.5 Å². The lowest BCUT2D eigenvalue weighted by Crippen LogP contribution is -2.47. The first kappa shape index (κ1) is 14.0. The molecule has 0 N–H and O–H groups in total.